The van der Waals surface area contributed by atoms with Gasteiger partial charge in [0.15, 0.2) is 0 Å². The van der Waals surface area contributed by atoms with Crippen LogP contribution in [-0.2, 0) is 16.0 Å². The van der Waals surface area contributed by atoms with Gasteiger partial charge in [-0.3, -0.25) is 9.59 Å². The first kappa shape index (κ1) is 29.5. The number of nitrogens with one attached hydrogen (secondary N) is 2. The standard InChI is InChI=1S/C20H28N4O2.2C2H6/c1-3-8-15(4-2)13-17(21)19(25)23-11-12-24-20(26)18(22)14-16-9-6-5-7-10-16;2*1-2/h3-10,17-18H,1-2,11-14,21-22H2,(H,23,25)(H,24,26);2*1-2H3/b15-8+;;. The molecule has 30 heavy (non-hydrogen) atoms. The molecular formula is C24H40N4O2. The summed E-state index contributed by atoms with van der Waals surface area (Å²) in [6.45, 7) is 15.8. The fraction of sp³-hybridized carbons (Fsp3) is 0.417. The zero-order valence-electron chi connectivity index (χ0n) is 19.0. The molecule has 0 saturated heterocycles. The van der Waals surface area contributed by atoms with Crippen LogP contribution in [0.25, 0.3) is 0 Å². The van der Waals surface area contributed by atoms with Crippen molar-refractivity contribution in [3.8, 4) is 0 Å². The van der Waals surface area contributed by atoms with Crippen LogP contribution in [0.2, 0.25) is 0 Å². The Morgan fingerprint density at radius 1 is 0.933 bits per heavy atom. The Morgan fingerprint density at radius 3 is 1.90 bits per heavy atom. The fourth-order valence-corrected chi connectivity index (χ4v) is 2.31. The molecule has 6 N–H and O–H groups in total. The first-order chi connectivity index (χ1) is 14.5. The second-order valence-corrected chi connectivity index (χ2v) is 5.87. The molecule has 1 rings (SSSR count). The molecule has 0 heterocycles. The van der Waals surface area contributed by atoms with Gasteiger partial charge in [0.2, 0.25) is 11.8 Å². The van der Waals surface area contributed by atoms with Gasteiger partial charge in [0.25, 0.3) is 0 Å². The molecule has 6 heteroatoms. The van der Waals surface area contributed by atoms with E-state index in [9.17, 15) is 9.59 Å². The van der Waals surface area contributed by atoms with Crippen molar-refractivity contribution in [3.05, 3.63) is 72.9 Å². The van der Waals surface area contributed by atoms with Gasteiger partial charge < -0.3 is 22.1 Å². The number of carbonyl (C=O) groups excluding carboxylic acids is 2. The second kappa shape index (κ2) is 19.6. The van der Waals surface area contributed by atoms with Crippen molar-refractivity contribution in [1.82, 2.24) is 10.6 Å². The van der Waals surface area contributed by atoms with Gasteiger partial charge >= 0.3 is 0 Å². The molecule has 0 aliphatic heterocycles. The van der Waals surface area contributed by atoms with Gasteiger partial charge in [0, 0.05) is 13.1 Å². The zero-order chi connectivity index (χ0) is 23.4. The molecule has 0 aliphatic carbocycles. The largest absolute Gasteiger partial charge is 0.353 e. The minimum atomic E-state index is -0.685. The summed E-state index contributed by atoms with van der Waals surface area (Å²) < 4.78 is 0. The average Bonchev–Trinajstić information content (AvgIpc) is 2.79. The topological polar surface area (TPSA) is 110 Å². The van der Waals surface area contributed by atoms with Crippen LogP contribution in [0, 0.1) is 0 Å². The smallest absolute Gasteiger partial charge is 0.237 e. The van der Waals surface area contributed by atoms with Crippen molar-refractivity contribution in [3.63, 3.8) is 0 Å². The summed E-state index contributed by atoms with van der Waals surface area (Å²) >= 11 is 0. The summed E-state index contributed by atoms with van der Waals surface area (Å²) in [4.78, 5) is 23.9. The summed E-state index contributed by atoms with van der Waals surface area (Å²) in [6, 6.07) is 8.25. The highest BCUT2D eigenvalue weighted by molar-refractivity contribution is 5.83. The number of allylic oxidation sites excluding steroid dienone is 3. The molecular weight excluding hydrogens is 376 g/mol. The molecule has 0 radical (unpaired) electrons. The van der Waals surface area contributed by atoms with E-state index < -0.39 is 12.1 Å². The van der Waals surface area contributed by atoms with Crippen molar-refractivity contribution in [2.45, 2.75) is 52.6 Å². The van der Waals surface area contributed by atoms with Crippen LogP contribution >= 0.6 is 0 Å². The number of rotatable bonds is 11. The van der Waals surface area contributed by atoms with Gasteiger partial charge in [-0.15, -0.1) is 0 Å². The Bertz CT molecular complexity index is 642. The number of nitrogens with two attached hydrogens (primary N) is 2. The normalized spacial score (nSPS) is 12.0. The van der Waals surface area contributed by atoms with E-state index >= 15 is 0 Å². The van der Waals surface area contributed by atoms with Gasteiger partial charge in [-0.05, 0) is 24.0 Å². The Balaban J connectivity index is 0. The highest BCUT2D eigenvalue weighted by Crippen LogP contribution is 2.05. The molecule has 2 unspecified atom stereocenters. The SMILES string of the molecule is C=C/C=C(\C=C)CC(N)C(=O)NCCNC(=O)C(N)Cc1ccccc1.CC.CC. The van der Waals surface area contributed by atoms with Gasteiger partial charge in [-0.1, -0.05) is 89.4 Å². The third-order valence-electron chi connectivity index (χ3n) is 3.75. The number of hydrogen-bond donors (Lipinski definition) is 4. The van der Waals surface area contributed by atoms with Gasteiger partial charge in [0.1, 0.15) is 0 Å². The van der Waals surface area contributed by atoms with Crippen LogP contribution in [0.1, 0.15) is 39.7 Å². The van der Waals surface area contributed by atoms with E-state index in [1.165, 1.54) is 0 Å². The predicted octanol–water partition coefficient (Wildman–Crippen LogP) is 2.86. The van der Waals surface area contributed by atoms with E-state index in [0.717, 1.165) is 11.1 Å². The molecule has 0 bridgehead atoms. The number of carbonyl (C=O) groups is 2. The lowest BCUT2D eigenvalue weighted by molar-refractivity contribution is -0.124. The van der Waals surface area contributed by atoms with Crippen molar-refractivity contribution in [2.75, 3.05) is 13.1 Å². The average molecular weight is 417 g/mol. The van der Waals surface area contributed by atoms with Gasteiger partial charge in [-0.2, -0.15) is 0 Å². The monoisotopic (exact) mass is 416 g/mol. The number of amides is 2. The van der Waals surface area contributed by atoms with E-state index in [0.29, 0.717) is 12.8 Å². The number of hydrogen-bond acceptors (Lipinski definition) is 4. The summed E-state index contributed by atoms with van der Waals surface area (Å²) in [7, 11) is 0. The molecule has 6 nitrogen and oxygen atoms in total. The summed E-state index contributed by atoms with van der Waals surface area (Å²) in [5.41, 5.74) is 13.6. The van der Waals surface area contributed by atoms with Crippen molar-refractivity contribution < 1.29 is 9.59 Å². The van der Waals surface area contributed by atoms with E-state index in [1.54, 1.807) is 18.2 Å². The maximum absolute atomic E-state index is 12.0. The molecule has 0 saturated carbocycles. The second-order valence-electron chi connectivity index (χ2n) is 5.87. The van der Waals surface area contributed by atoms with E-state index in [1.807, 2.05) is 58.0 Å². The molecule has 168 valence electrons. The molecule has 0 spiro atoms. The highest BCUT2D eigenvalue weighted by Gasteiger charge is 2.15. The Labute approximate surface area is 182 Å². The minimum absolute atomic E-state index is 0.254. The van der Waals surface area contributed by atoms with Crippen LogP contribution in [-0.4, -0.2) is 37.0 Å². The summed E-state index contributed by atoms with van der Waals surface area (Å²) in [5, 5.41) is 5.40. The van der Waals surface area contributed by atoms with Gasteiger partial charge in [0.05, 0.1) is 12.1 Å². The lowest BCUT2D eigenvalue weighted by Gasteiger charge is -2.15. The third-order valence-corrected chi connectivity index (χ3v) is 3.75. The van der Waals surface area contributed by atoms with Crippen LogP contribution in [0.4, 0.5) is 0 Å². The lowest BCUT2D eigenvalue weighted by atomic mass is 10.1. The molecule has 0 fully saturated rings. The Hall–Kier alpha value is -2.70. The first-order valence-corrected chi connectivity index (χ1v) is 10.5. The maximum Gasteiger partial charge on any atom is 0.237 e. The molecule has 2 atom stereocenters. The zero-order valence-corrected chi connectivity index (χ0v) is 19.0. The summed E-state index contributed by atoms with van der Waals surface area (Å²) in [6.07, 6.45) is 5.85. The Morgan fingerprint density at radius 2 is 1.43 bits per heavy atom. The van der Waals surface area contributed by atoms with Crippen LogP contribution < -0.4 is 22.1 Å². The van der Waals surface area contributed by atoms with Crippen molar-refractivity contribution in [2.24, 2.45) is 11.5 Å². The molecule has 1 aromatic carbocycles. The molecule has 2 amide bonds. The van der Waals surface area contributed by atoms with Crippen LogP contribution in [0.5, 0.6) is 0 Å². The van der Waals surface area contributed by atoms with Crippen molar-refractivity contribution >= 4 is 11.8 Å². The van der Waals surface area contributed by atoms with E-state index in [4.69, 9.17) is 11.5 Å². The molecule has 0 aliphatic rings. The van der Waals surface area contributed by atoms with Gasteiger partial charge in [-0.25, -0.2) is 0 Å². The quantitative estimate of drug-likeness (QED) is 0.328. The number of benzene rings is 1. The lowest BCUT2D eigenvalue weighted by Crippen LogP contribution is -2.46. The summed E-state index contributed by atoms with van der Waals surface area (Å²) in [5.74, 6) is -0.542. The van der Waals surface area contributed by atoms with E-state index in [2.05, 4.69) is 23.8 Å². The fourth-order valence-electron chi connectivity index (χ4n) is 2.31. The first-order valence-electron chi connectivity index (χ1n) is 10.5. The minimum Gasteiger partial charge on any atom is -0.353 e. The van der Waals surface area contributed by atoms with Crippen LogP contribution in [0.15, 0.2) is 67.3 Å². The Kier molecular flexibility index (Phi) is 19.3. The molecule has 0 aromatic heterocycles. The maximum atomic E-state index is 12.0. The third kappa shape index (κ3) is 13.5. The van der Waals surface area contributed by atoms with Crippen LogP contribution in [0.3, 0.4) is 0 Å². The van der Waals surface area contributed by atoms with Crippen molar-refractivity contribution in [1.29, 1.82) is 0 Å². The predicted molar refractivity (Wildman–Crippen MR) is 128 cm³/mol. The highest BCUT2D eigenvalue weighted by atomic mass is 16.2. The molecule has 1 aromatic rings. The van der Waals surface area contributed by atoms with E-state index in [-0.39, 0.29) is 24.9 Å².